The number of hydrogen-bond acceptors (Lipinski definition) is 5. The third-order valence-corrected chi connectivity index (χ3v) is 6.09. The summed E-state index contributed by atoms with van der Waals surface area (Å²) in [7, 11) is 0. The number of fused-ring (bicyclic) bond motifs is 2. The Labute approximate surface area is 178 Å². The molecule has 0 aromatic heterocycles. The molecule has 0 bridgehead atoms. The molecule has 2 unspecified atom stereocenters. The van der Waals surface area contributed by atoms with Crippen LogP contribution in [0.2, 0.25) is 0 Å². The molecule has 31 heavy (non-hydrogen) atoms. The topological polar surface area (TPSA) is 105 Å². The Kier molecular flexibility index (Phi) is 4.69. The molecular formula is C23H21N3O5. The Morgan fingerprint density at radius 1 is 1.13 bits per heavy atom. The molecule has 5 rings (SSSR count). The van der Waals surface area contributed by atoms with Gasteiger partial charge in [-0.25, -0.2) is 4.79 Å². The van der Waals surface area contributed by atoms with Gasteiger partial charge in [-0.3, -0.25) is 19.7 Å². The number of nitrogens with zero attached hydrogens (tertiary/aromatic N) is 1. The second kappa shape index (κ2) is 7.54. The molecule has 4 amide bonds. The molecule has 0 spiro atoms. The van der Waals surface area contributed by atoms with Crippen molar-refractivity contribution in [3.05, 3.63) is 70.3 Å². The van der Waals surface area contributed by atoms with Crippen LogP contribution >= 0.6 is 0 Å². The number of hydrogen-bond donors (Lipinski definition) is 2. The predicted octanol–water partition coefficient (Wildman–Crippen LogP) is 1.97. The summed E-state index contributed by atoms with van der Waals surface area (Å²) in [4.78, 5) is 50.1. The molecule has 0 saturated carbocycles. The first kappa shape index (κ1) is 19.3. The average Bonchev–Trinajstić information content (AvgIpc) is 3.06. The number of ether oxygens (including phenoxy) is 1. The summed E-state index contributed by atoms with van der Waals surface area (Å²) in [5, 5.41) is 5.03. The van der Waals surface area contributed by atoms with Crippen molar-refractivity contribution < 1.29 is 23.9 Å². The minimum atomic E-state index is -0.639. The van der Waals surface area contributed by atoms with Gasteiger partial charge < -0.3 is 15.0 Å². The van der Waals surface area contributed by atoms with Gasteiger partial charge >= 0.3 is 6.09 Å². The number of benzene rings is 2. The van der Waals surface area contributed by atoms with Gasteiger partial charge in [0.15, 0.2) is 0 Å². The Morgan fingerprint density at radius 3 is 2.77 bits per heavy atom. The fourth-order valence-corrected chi connectivity index (χ4v) is 4.37. The number of piperidine rings is 1. The van der Waals surface area contributed by atoms with Crippen LogP contribution in [0.15, 0.2) is 42.5 Å². The second-order valence-electron chi connectivity index (χ2n) is 8.04. The van der Waals surface area contributed by atoms with E-state index in [2.05, 4.69) is 10.6 Å². The van der Waals surface area contributed by atoms with E-state index in [1.165, 1.54) is 10.5 Å². The quantitative estimate of drug-likeness (QED) is 0.738. The van der Waals surface area contributed by atoms with Crippen LogP contribution in [0.4, 0.5) is 4.79 Å². The molecule has 2 heterocycles. The second-order valence-corrected chi connectivity index (χ2v) is 8.04. The molecule has 2 aromatic carbocycles. The molecular weight excluding hydrogens is 398 g/mol. The number of nitrogens with one attached hydrogen (secondary N) is 2. The zero-order chi connectivity index (χ0) is 21.5. The average molecular weight is 419 g/mol. The number of carbonyl (C=O) groups excluding carboxylic acids is 4. The predicted molar refractivity (Wildman–Crippen MR) is 109 cm³/mol. The minimum absolute atomic E-state index is 0.222. The highest BCUT2D eigenvalue weighted by atomic mass is 16.6. The summed E-state index contributed by atoms with van der Waals surface area (Å²) in [6.45, 7) is 0.559. The van der Waals surface area contributed by atoms with E-state index in [9.17, 15) is 19.2 Å². The summed E-state index contributed by atoms with van der Waals surface area (Å²) in [6.07, 6.45) is 0.540. The lowest BCUT2D eigenvalue weighted by atomic mass is 9.86. The highest BCUT2D eigenvalue weighted by molar-refractivity contribution is 6.05. The molecule has 158 valence electrons. The summed E-state index contributed by atoms with van der Waals surface area (Å²) < 4.78 is 5.47. The number of carbonyl (C=O) groups is 4. The molecule has 8 heteroatoms. The molecule has 2 aliphatic heterocycles. The molecule has 8 nitrogen and oxygen atoms in total. The van der Waals surface area contributed by atoms with Crippen LogP contribution in [0.1, 0.15) is 51.6 Å². The maximum Gasteiger partial charge on any atom is 0.408 e. The van der Waals surface area contributed by atoms with Crippen LogP contribution in [0.3, 0.4) is 0 Å². The van der Waals surface area contributed by atoms with Crippen molar-refractivity contribution in [2.45, 2.75) is 44.5 Å². The van der Waals surface area contributed by atoms with E-state index in [1.807, 2.05) is 36.4 Å². The third kappa shape index (κ3) is 3.54. The zero-order valence-corrected chi connectivity index (χ0v) is 16.7. The lowest BCUT2D eigenvalue weighted by Crippen LogP contribution is -2.52. The number of amides is 4. The molecule has 2 atom stereocenters. The summed E-state index contributed by atoms with van der Waals surface area (Å²) in [5.41, 5.74) is 4.34. The molecule has 3 aliphatic rings. The van der Waals surface area contributed by atoms with Crippen LogP contribution in [0.5, 0.6) is 0 Å². The first-order valence-electron chi connectivity index (χ1n) is 10.3. The van der Waals surface area contributed by atoms with E-state index in [1.54, 1.807) is 6.07 Å². The molecule has 2 N–H and O–H groups in total. The van der Waals surface area contributed by atoms with Gasteiger partial charge in [-0.05, 0) is 34.7 Å². The maximum atomic E-state index is 12.9. The van der Waals surface area contributed by atoms with E-state index in [0.29, 0.717) is 24.9 Å². The van der Waals surface area contributed by atoms with Crippen LogP contribution in [0, 0.1) is 0 Å². The molecule has 1 fully saturated rings. The van der Waals surface area contributed by atoms with Gasteiger partial charge in [0.1, 0.15) is 12.1 Å². The van der Waals surface area contributed by atoms with Crippen molar-refractivity contribution >= 4 is 23.8 Å². The first-order chi connectivity index (χ1) is 15.0. The molecule has 1 aliphatic carbocycles. The molecule has 0 radical (unpaired) electrons. The Morgan fingerprint density at radius 2 is 1.97 bits per heavy atom. The Hall–Kier alpha value is -3.68. The van der Waals surface area contributed by atoms with Crippen LogP contribution < -0.4 is 10.6 Å². The highest BCUT2D eigenvalue weighted by Crippen LogP contribution is 2.35. The van der Waals surface area contributed by atoms with E-state index >= 15 is 0 Å². The normalized spacial score (nSPS) is 21.7. The summed E-state index contributed by atoms with van der Waals surface area (Å²) in [5.74, 6) is -0.976. The van der Waals surface area contributed by atoms with Gasteiger partial charge in [0, 0.05) is 31.5 Å². The van der Waals surface area contributed by atoms with Gasteiger partial charge in [0.05, 0.1) is 0 Å². The zero-order valence-electron chi connectivity index (χ0n) is 16.7. The lowest BCUT2D eigenvalue weighted by molar-refractivity contribution is -0.136. The van der Waals surface area contributed by atoms with Gasteiger partial charge in [-0.1, -0.05) is 36.4 Å². The van der Waals surface area contributed by atoms with Crippen molar-refractivity contribution in [3.63, 3.8) is 0 Å². The van der Waals surface area contributed by atoms with Crippen LogP contribution in [0.25, 0.3) is 0 Å². The monoisotopic (exact) mass is 419 g/mol. The van der Waals surface area contributed by atoms with E-state index in [-0.39, 0.29) is 30.9 Å². The largest absolute Gasteiger partial charge is 0.441 e. The van der Waals surface area contributed by atoms with Crippen LogP contribution in [-0.4, -0.2) is 34.8 Å². The van der Waals surface area contributed by atoms with E-state index in [0.717, 1.165) is 16.7 Å². The molecule has 1 saturated heterocycles. The van der Waals surface area contributed by atoms with E-state index in [4.69, 9.17) is 4.74 Å². The van der Waals surface area contributed by atoms with Crippen molar-refractivity contribution in [1.82, 2.24) is 15.5 Å². The van der Waals surface area contributed by atoms with Crippen LogP contribution in [-0.2, 0) is 33.8 Å². The summed E-state index contributed by atoms with van der Waals surface area (Å²) in [6, 6.07) is 12.6. The first-order valence-corrected chi connectivity index (χ1v) is 10.3. The standard InChI is InChI=1S/C23H21N3O5/c27-20-8-7-18(21(28)25-20)26-12-15-6-5-13(9-17(15)22(26)29)11-24-23(30)31-19-10-14-3-1-2-4-16(14)19/h1-6,9,18-19H,7-8,10-12H2,(H,24,30)(H,25,27,28). The Bertz CT molecular complexity index is 1110. The fourth-order valence-electron chi connectivity index (χ4n) is 4.37. The third-order valence-electron chi connectivity index (χ3n) is 6.09. The SMILES string of the molecule is O=C1CCC(N2Cc3ccc(CNC(=O)OC4Cc5ccccc54)cc3C2=O)C(=O)N1. The van der Waals surface area contributed by atoms with Crippen molar-refractivity contribution in [1.29, 1.82) is 0 Å². The fraction of sp³-hybridized carbons (Fsp3) is 0.304. The van der Waals surface area contributed by atoms with Gasteiger partial charge in [-0.15, -0.1) is 0 Å². The molecule has 2 aromatic rings. The number of alkyl carbamates (subject to hydrolysis) is 1. The van der Waals surface area contributed by atoms with Crippen molar-refractivity contribution in [2.24, 2.45) is 0 Å². The minimum Gasteiger partial charge on any atom is -0.441 e. The van der Waals surface area contributed by atoms with Crippen molar-refractivity contribution in [2.75, 3.05) is 0 Å². The smallest absolute Gasteiger partial charge is 0.408 e. The van der Waals surface area contributed by atoms with Gasteiger partial charge in [0.25, 0.3) is 5.91 Å². The highest BCUT2D eigenvalue weighted by Gasteiger charge is 2.39. The summed E-state index contributed by atoms with van der Waals surface area (Å²) >= 11 is 0. The number of imide groups is 1. The lowest BCUT2D eigenvalue weighted by Gasteiger charge is -2.29. The van der Waals surface area contributed by atoms with E-state index < -0.39 is 18.0 Å². The van der Waals surface area contributed by atoms with Crippen molar-refractivity contribution in [3.8, 4) is 0 Å². The van der Waals surface area contributed by atoms with Gasteiger partial charge in [-0.2, -0.15) is 0 Å². The number of rotatable bonds is 4. The Balaban J connectivity index is 1.20. The van der Waals surface area contributed by atoms with Gasteiger partial charge in [0.2, 0.25) is 11.8 Å². The maximum absolute atomic E-state index is 12.9.